The summed E-state index contributed by atoms with van der Waals surface area (Å²) in [5, 5.41) is 22.2. The van der Waals surface area contributed by atoms with Gasteiger partial charge in [-0.05, 0) is 35.4 Å². The molecule has 0 spiro atoms. The molecule has 0 amide bonds. The van der Waals surface area contributed by atoms with Crippen molar-refractivity contribution in [3.8, 4) is 10.8 Å². The van der Waals surface area contributed by atoms with Crippen molar-refractivity contribution in [2.45, 2.75) is 12.2 Å². The number of hydrogen-bond acceptors (Lipinski definition) is 5. The molecule has 2 heterocycles. The van der Waals surface area contributed by atoms with Crippen LogP contribution in [0.25, 0.3) is 10.8 Å². The Labute approximate surface area is 129 Å². The highest BCUT2D eigenvalue weighted by molar-refractivity contribution is 7.15. The van der Waals surface area contributed by atoms with Crippen molar-refractivity contribution < 1.29 is 14.6 Å². The zero-order valence-electron chi connectivity index (χ0n) is 10.7. The van der Waals surface area contributed by atoms with Gasteiger partial charge < -0.3 is 14.6 Å². The van der Waals surface area contributed by atoms with Gasteiger partial charge in [-0.3, -0.25) is 0 Å². The second-order valence-electron chi connectivity index (χ2n) is 4.82. The van der Waals surface area contributed by atoms with E-state index in [1.807, 2.05) is 0 Å². The summed E-state index contributed by atoms with van der Waals surface area (Å²) in [5.74, 6) is 0.621. The molecular formula is C15H10ClNO3S. The largest absolute Gasteiger partial charge is 0.462 e. The van der Waals surface area contributed by atoms with Gasteiger partial charge in [0, 0.05) is 5.02 Å². The fourth-order valence-electron chi connectivity index (χ4n) is 2.56. The van der Waals surface area contributed by atoms with Crippen LogP contribution in [0.2, 0.25) is 5.02 Å². The molecule has 0 saturated heterocycles. The monoisotopic (exact) mass is 319 g/mol. The van der Waals surface area contributed by atoms with Crippen LogP contribution in [0, 0.1) is 0 Å². The molecule has 1 aliphatic carbocycles. The Kier molecular flexibility index (Phi) is 2.90. The lowest BCUT2D eigenvalue weighted by molar-refractivity contribution is 0.173. The molecule has 106 valence electrons. The van der Waals surface area contributed by atoms with Gasteiger partial charge in [0.25, 0.3) is 0 Å². The fourth-order valence-corrected chi connectivity index (χ4v) is 3.81. The molecule has 1 aromatic carbocycles. The van der Waals surface area contributed by atoms with E-state index >= 15 is 0 Å². The van der Waals surface area contributed by atoms with Gasteiger partial charge in [0.2, 0.25) is 0 Å². The number of halogens is 1. The van der Waals surface area contributed by atoms with Crippen molar-refractivity contribution in [2.24, 2.45) is 0 Å². The number of benzene rings is 1. The molecule has 0 radical (unpaired) electrons. The second-order valence-corrected chi connectivity index (χ2v) is 6.29. The number of aliphatic hydroxyl groups is 2. The Morgan fingerprint density at radius 1 is 1.14 bits per heavy atom. The van der Waals surface area contributed by atoms with Crippen LogP contribution in [0.15, 0.2) is 41.0 Å². The van der Waals surface area contributed by atoms with E-state index in [0.29, 0.717) is 37.5 Å². The van der Waals surface area contributed by atoms with E-state index in [2.05, 4.69) is 4.98 Å². The quantitative estimate of drug-likeness (QED) is 0.720. The summed E-state index contributed by atoms with van der Waals surface area (Å²) in [4.78, 5) is 5.07. The van der Waals surface area contributed by atoms with Crippen molar-refractivity contribution in [1.82, 2.24) is 4.98 Å². The zero-order chi connectivity index (χ0) is 14.6. The van der Waals surface area contributed by atoms with E-state index in [1.54, 1.807) is 36.6 Å². The maximum atomic E-state index is 10.5. The molecule has 2 N–H and O–H groups in total. The van der Waals surface area contributed by atoms with Gasteiger partial charge in [0.05, 0.1) is 16.8 Å². The average Bonchev–Trinajstić information content (AvgIpc) is 3.13. The Morgan fingerprint density at radius 2 is 2.00 bits per heavy atom. The maximum absolute atomic E-state index is 10.5. The number of nitrogens with zero attached hydrogens (tertiary/aromatic N) is 1. The van der Waals surface area contributed by atoms with Crippen LogP contribution in [-0.2, 0) is 0 Å². The SMILES string of the molecule is OC1c2cc(Cl)ccc2C(O)c2sc(-c3ccco3)nc21. The molecular weight excluding hydrogens is 310 g/mol. The lowest BCUT2D eigenvalue weighted by Crippen LogP contribution is -2.16. The number of aromatic nitrogens is 1. The van der Waals surface area contributed by atoms with E-state index in [9.17, 15) is 10.2 Å². The van der Waals surface area contributed by atoms with Crippen LogP contribution >= 0.6 is 22.9 Å². The standard InChI is InChI=1S/C15H10ClNO3S/c16-7-3-4-8-9(6-7)12(18)11-14(13(8)19)21-15(17-11)10-2-1-5-20-10/h1-6,12-13,18-19H. The van der Waals surface area contributed by atoms with Crippen molar-refractivity contribution in [3.05, 3.63) is 63.3 Å². The molecule has 6 heteroatoms. The summed E-state index contributed by atoms with van der Waals surface area (Å²) in [7, 11) is 0. The van der Waals surface area contributed by atoms with Crippen molar-refractivity contribution in [3.63, 3.8) is 0 Å². The van der Waals surface area contributed by atoms with E-state index in [4.69, 9.17) is 16.0 Å². The van der Waals surface area contributed by atoms with Crippen molar-refractivity contribution in [2.75, 3.05) is 0 Å². The lowest BCUT2D eigenvalue weighted by atomic mass is 9.89. The molecule has 1 aliphatic rings. The number of rotatable bonds is 1. The third-order valence-corrected chi connectivity index (χ3v) is 4.93. The minimum absolute atomic E-state index is 0.466. The topological polar surface area (TPSA) is 66.5 Å². The van der Waals surface area contributed by atoms with Gasteiger partial charge >= 0.3 is 0 Å². The Hall–Kier alpha value is -1.66. The summed E-state index contributed by atoms with van der Waals surface area (Å²) >= 11 is 7.30. The molecule has 0 bridgehead atoms. The van der Waals surface area contributed by atoms with E-state index < -0.39 is 12.2 Å². The average molecular weight is 320 g/mol. The first-order chi connectivity index (χ1) is 10.1. The molecule has 2 aromatic heterocycles. The predicted molar refractivity (Wildman–Crippen MR) is 79.4 cm³/mol. The first-order valence-electron chi connectivity index (χ1n) is 6.35. The molecule has 3 aromatic rings. The van der Waals surface area contributed by atoms with Crippen LogP contribution in [0.4, 0.5) is 0 Å². The van der Waals surface area contributed by atoms with Crippen LogP contribution in [-0.4, -0.2) is 15.2 Å². The molecule has 4 rings (SSSR count). The summed E-state index contributed by atoms with van der Waals surface area (Å²) < 4.78 is 5.33. The van der Waals surface area contributed by atoms with Gasteiger partial charge in [0.1, 0.15) is 12.2 Å². The van der Waals surface area contributed by atoms with E-state index in [0.717, 1.165) is 0 Å². The highest BCUT2D eigenvalue weighted by Gasteiger charge is 2.34. The zero-order valence-corrected chi connectivity index (χ0v) is 12.2. The summed E-state index contributed by atoms with van der Waals surface area (Å²) in [6.45, 7) is 0. The number of aliphatic hydroxyl groups excluding tert-OH is 2. The number of thiazole rings is 1. The molecule has 0 aliphatic heterocycles. The highest BCUT2D eigenvalue weighted by Crippen LogP contribution is 2.45. The molecule has 2 unspecified atom stereocenters. The number of fused-ring (bicyclic) bond motifs is 2. The third kappa shape index (κ3) is 1.93. The summed E-state index contributed by atoms with van der Waals surface area (Å²) in [6, 6.07) is 8.68. The molecule has 2 atom stereocenters. The minimum atomic E-state index is -0.892. The summed E-state index contributed by atoms with van der Waals surface area (Å²) in [5.41, 5.74) is 1.72. The fraction of sp³-hybridized carbons (Fsp3) is 0.133. The maximum Gasteiger partial charge on any atom is 0.162 e. The van der Waals surface area contributed by atoms with Gasteiger partial charge in [-0.15, -0.1) is 11.3 Å². The Morgan fingerprint density at radius 3 is 2.76 bits per heavy atom. The first-order valence-corrected chi connectivity index (χ1v) is 7.54. The van der Waals surface area contributed by atoms with E-state index in [-0.39, 0.29) is 0 Å². The van der Waals surface area contributed by atoms with Crippen LogP contribution in [0.3, 0.4) is 0 Å². The Balaban J connectivity index is 1.89. The minimum Gasteiger partial charge on any atom is -0.462 e. The van der Waals surface area contributed by atoms with Gasteiger partial charge in [-0.2, -0.15) is 0 Å². The van der Waals surface area contributed by atoms with Crippen molar-refractivity contribution >= 4 is 22.9 Å². The lowest BCUT2D eigenvalue weighted by Gasteiger charge is -2.24. The second kappa shape index (κ2) is 4.68. The molecule has 0 saturated carbocycles. The van der Waals surface area contributed by atoms with E-state index in [1.165, 1.54) is 11.3 Å². The Bertz CT molecular complexity index is 812. The molecule has 4 nitrogen and oxygen atoms in total. The van der Waals surface area contributed by atoms with Gasteiger partial charge in [-0.1, -0.05) is 17.7 Å². The van der Waals surface area contributed by atoms with Gasteiger partial charge in [-0.25, -0.2) is 4.98 Å². The third-order valence-electron chi connectivity index (χ3n) is 3.56. The van der Waals surface area contributed by atoms with Crippen molar-refractivity contribution in [1.29, 1.82) is 0 Å². The smallest absolute Gasteiger partial charge is 0.162 e. The first kappa shape index (κ1) is 13.0. The molecule has 0 fully saturated rings. The normalized spacial score (nSPS) is 20.1. The van der Waals surface area contributed by atoms with Crippen LogP contribution < -0.4 is 0 Å². The van der Waals surface area contributed by atoms with Gasteiger partial charge in [0.15, 0.2) is 10.8 Å². The number of hydrogen-bond donors (Lipinski definition) is 2. The molecule has 21 heavy (non-hydrogen) atoms. The van der Waals surface area contributed by atoms with Crippen LogP contribution in [0.5, 0.6) is 0 Å². The van der Waals surface area contributed by atoms with Crippen LogP contribution in [0.1, 0.15) is 33.9 Å². The highest BCUT2D eigenvalue weighted by atomic mass is 35.5. The summed E-state index contributed by atoms with van der Waals surface area (Å²) in [6.07, 6.45) is -0.133. The predicted octanol–water partition coefficient (Wildman–Crippen LogP) is 3.53. The number of furan rings is 1.